The first-order valence-electron chi connectivity index (χ1n) is 6.95. The topological polar surface area (TPSA) is 61.9 Å². The van der Waals surface area contributed by atoms with Crippen LogP contribution in [0.3, 0.4) is 0 Å². The van der Waals surface area contributed by atoms with Gasteiger partial charge in [-0.05, 0) is 31.7 Å². The van der Waals surface area contributed by atoms with Gasteiger partial charge in [0.1, 0.15) is 5.75 Å². The number of ether oxygens (including phenoxy) is 1. The maximum atomic E-state index is 12.3. The van der Waals surface area contributed by atoms with Crippen molar-refractivity contribution in [2.45, 2.75) is 19.5 Å². The van der Waals surface area contributed by atoms with Crippen molar-refractivity contribution in [1.29, 1.82) is 0 Å². The Hall–Kier alpha value is -2.08. The number of carbonyl (C=O) groups excluding carboxylic acids is 2. The molecule has 6 nitrogen and oxygen atoms in total. The van der Waals surface area contributed by atoms with Gasteiger partial charge in [0, 0.05) is 19.6 Å². The van der Waals surface area contributed by atoms with E-state index in [1.807, 2.05) is 43.1 Å². The number of nitrogens with one attached hydrogen (secondary N) is 1. The van der Waals surface area contributed by atoms with E-state index in [1.165, 1.54) is 4.90 Å². The number of nitrogens with zero attached hydrogens (tertiary/aromatic N) is 2. The van der Waals surface area contributed by atoms with E-state index >= 15 is 0 Å². The minimum absolute atomic E-state index is 0.171. The predicted octanol–water partition coefficient (Wildman–Crippen LogP) is 1.07. The van der Waals surface area contributed by atoms with Crippen molar-refractivity contribution in [2.75, 3.05) is 27.2 Å². The lowest BCUT2D eigenvalue weighted by atomic mass is 10.1. The first kappa shape index (κ1) is 15.3. The second kappa shape index (κ2) is 6.58. The van der Waals surface area contributed by atoms with Gasteiger partial charge >= 0.3 is 6.03 Å². The number of hydrogen-bond acceptors (Lipinski definition) is 4. The summed E-state index contributed by atoms with van der Waals surface area (Å²) >= 11 is 0. The zero-order chi connectivity index (χ0) is 15.4. The summed E-state index contributed by atoms with van der Waals surface area (Å²) < 4.78 is 5.19. The Morgan fingerprint density at radius 3 is 2.90 bits per heavy atom. The van der Waals surface area contributed by atoms with Crippen molar-refractivity contribution in [3.8, 4) is 5.75 Å². The summed E-state index contributed by atoms with van der Waals surface area (Å²) in [7, 11) is 3.50. The number of methoxy groups -OCH3 is 1. The molecule has 0 aliphatic carbocycles. The molecule has 114 valence electrons. The first-order chi connectivity index (χ1) is 10.0. The highest BCUT2D eigenvalue weighted by Gasteiger charge is 2.31. The molecule has 1 atom stereocenters. The van der Waals surface area contributed by atoms with Crippen molar-refractivity contribution < 1.29 is 14.3 Å². The second-order valence-corrected chi connectivity index (χ2v) is 5.16. The third-order valence-electron chi connectivity index (χ3n) is 3.71. The van der Waals surface area contributed by atoms with Gasteiger partial charge < -0.3 is 10.1 Å². The van der Waals surface area contributed by atoms with Crippen LogP contribution >= 0.6 is 0 Å². The van der Waals surface area contributed by atoms with Gasteiger partial charge in [-0.2, -0.15) is 0 Å². The average molecular weight is 291 g/mol. The van der Waals surface area contributed by atoms with Crippen LogP contribution in [0.15, 0.2) is 24.3 Å². The average Bonchev–Trinajstić information content (AvgIpc) is 2.92. The number of rotatable bonds is 5. The summed E-state index contributed by atoms with van der Waals surface area (Å²) in [5, 5.41) is 2.64. The van der Waals surface area contributed by atoms with E-state index < -0.39 is 0 Å². The Kier molecular flexibility index (Phi) is 4.80. The van der Waals surface area contributed by atoms with E-state index in [4.69, 9.17) is 4.74 Å². The van der Waals surface area contributed by atoms with E-state index in [9.17, 15) is 9.59 Å². The largest absolute Gasteiger partial charge is 0.497 e. The SMILES string of the molecule is COc1cccc(CN(C)[C@H](C)C(=O)N2CCNC2=O)c1. The van der Waals surface area contributed by atoms with Crippen LogP contribution in [-0.2, 0) is 11.3 Å². The van der Waals surface area contributed by atoms with Crippen LogP contribution in [0.1, 0.15) is 12.5 Å². The van der Waals surface area contributed by atoms with Crippen LogP contribution in [-0.4, -0.2) is 55.0 Å². The highest BCUT2D eigenvalue weighted by atomic mass is 16.5. The van der Waals surface area contributed by atoms with Gasteiger partial charge in [-0.25, -0.2) is 4.79 Å². The molecule has 0 bridgehead atoms. The minimum Gasteiger partial charge on any atom is -0.497 e. The van der Waals surface area contributed by atoms with Gasteiger partial charge in [0.2, 0.25) is 5.91 Å². The summed E-state index contributed by atoms with van der Waals surface area (Å²) in [5.41, 5.74) is 1.06. The fraction of sp³-hybridized carbons (Fsp3) is 0.467. The zero-order valence-corrected chi connectivity index (χ0v) is 12.6. The molecule has 1 aromatic carbocycles. The Balaban J connectivity index is 1.99. The van der Waals surface area contributed by atoms with Crippen molar-refractivity contribution in [2.24, 2.45) is 0 Å². The normalized spacial score (nSPS) is 16.0. The smallest absolute Gasteiger partial charge is 0.324 e. The van der Waals surface area contributed by atoms with Gasteiger partial charge in [-0.3, -0.25) is 14.6 Å². The number of imide groups is 1. The van der Waals surface area contributed by atoms with Crippen molar-refractivity contribution >= 4 is 11.9 Å². The summed E-state index contributed by atoms with van der Waals surface area (Å²) in [6, 6.07) is 7.06. The van der Waals surface area contributed by atoms with Crippen molar-refractivity contribution in [3.05, 3.63) is 29.8 Å². The number of amides is 3. The molecule has 0 unspecified atom stereocenters. The van der Waals surface area contributed by atoms with E-state index in [0.29, 0.717) is 19.6 Å². The molecule has 0 radical (unpaired) electrons. The molecule has 1 heterocycles. The molecule has 2 rings (SSSR count). The highest BCUT2D eigenvalue weighted by Crippen LogP contribution is 2.15. The standard InChI is InChI=1S/C15H21N3O3/c1-11(14(19)18-8-7-16-15(18)20)17(2)10-12-5-4-6-13(9-12)21-3/h4-6,9,11H,7-8,10H2,1-3H3,(H,16,20)/t11-/m1/s1. The summed E-state index contributed by atoms with van der Waals surface area (Å²) in [4.78, 5) is 27.0. The number of carbonyl (C=O) groups is 2. The number of benzene rings is 1. The first-order valence-corrected chi connectivity index (χ1v) is 6.95. The van der Waals surface area contributed by atoms with Crippen molar-refractivity contribution in [3.63, 3.8) is 0 Å². The molecule has 1 aliphatic heterocycles. The van der Waals surface area contributed by atoms with Gasteiger partial charge in [-0.1, -0.05) is 12.1 Å². The van der Waals surface area contributed by atoms with E-state index in [1.54, 1.807) is 7.11 Å². The Bertz CT molecular complexity index is 533. The Labute approximate surface area is 124 Å². The van der Waals surface area contributed by atoms with Crippen LogP contribution in [0.2, 0.25) is 0 Å². The van der Waals surface area contributed by atoms with Crippen molar-refractivity contribution in [1.82, 2.24) is 15.1 Å². The van der Waals surface area contributed by atoms with Gasteiger partial charge in [0.25, 0.3) is 0 Å². The number of urea groups is 1. The molecule has 1 aromatic rings. The fourth-order valence-electron chi connectivity index (χ4n) is 2.29. The van der Waals surface area contributed by atoms with Crippen LogP contribution in [0.4, 0.5) is 4.79 Å². The Morgan fingerprint density at radius 1 is 1.52 bits per heavy atom. The van der Waals surface area contributed by atoms with Crippen LogP contribution < -0.4 is 10.1 Å². The molecule has 1 aliphatic rings. The number of hydrogen-bond donors (Lipinski definition) is 1. The van der Waals surface area contributed by atoms with Crippen LogP contribution in [0, 0.1) is 0 Å². The molecule has 0 saturated carbocycles. The molecule has 0 aromatic heterocycles. The summed E-state index contributed by atoms with van der Waals surface area (Å²) in [6.07, 6.45) is 0. The minimum atomic E-state index is -0.361. The summed E-state index contributed by atoms with van der Waals surface area (Å²) in [5.74, 6) is 0.620. The molecule has 3 amide bonds. The zero-order valence-electron chi connectivity index (χ0n) is 12.6. The molecule has 0 spiro atoms. The summed E-state index contributed by atoms with van der Waals surface area (Å²) in [6.45, 7) is 3.39. The quantitative estimate of drug-likeness (QED) is 0.881. The fourth-order valence-corrected chi connectivity index (χ4v) is 2.29. The van der Waals surface area contributed by atoms with E-state index in [-0.39, 0.29) is 18.0 Å². The molecular weight excluding hydrogens is 270 g/mol. The molecular formula is C15H21N3O3. The molecule has 21 heavy (non-hydrogen) atoms. The number of likely N-dealkylation sites (N-methyl/N-ethyl adjacent to an activating group) is 1. The lowest BCUT2D eigenvalue weighted by Crippen LogP contribution is -2.46. The van der Waals surface area contributed by atoms with Gasteiger partial charge in [0.15, 0.2) is 0 Å². The molecule has 1 N–H and O–H groups in total. The lowest BCUT2D eigenvalue weighted by Gasteiger charge is -2.26. The molecule has 6 heteroatoms. The third-order valence-corrected chi connectivity index (χ3v) is 3.71. The maximum Gasteiger partial charge on any atom is 0.324 e. The second-order valence-electron chi connectivity index (χ2n) is 5.16. The monoisotopic (exact) mass is 291 g/mol. The lowest BCUT2D eigenvalue weighted by molar-refractivity contribution is -0.132. The van der Waals surface area contributed by atoms with E-state index in [2.05, 4.69) is 5.32 Å². The predicted molar refractivity (Wildman–Crippen MR) is 79.0 cm³/mol. The van der Waals surface area contributed by atoms with E-state index in [0.717, 1.165) is 11.3 Å². The van der Waals surface area contributed by atoms with Crippen LogP contribution in [0.25, 0.3) is 0 Å². The van der Waals surface area contributed by atoms with Gasteiger partial charge in [-0.15, -0.1) is 0 Å². The Morgan fingerprint density at radius 2 is 2.29 bits per heavy atom. The van der Waals surface area contributed by atoms with Gasteiger partial charge in [0.05, 0.1) is 13.2 Å². The third kappa shape index (κ3) is 3.52. The molecule has 1 saturated heterocycles. The highest BCUT2D eigenvalue weighted by molar-refractivity contribution is 5.98. The molecule has 1 fully saturated rings. The maximum absolute atomic E-state index is 12.3. The van der Waals surface area contributed by atoms with Crippen LogP contribution in [0.5, 0.6) is 5.75 Å².